The number of rotatable bonds is 9. The molecule has 2 aromatic heterocycles. The Kier molecular flexibility index (Phi) is 7.28. The minimum atomic E-state index is -1.22. The summed E-state index contributed by atoms with van der Waals surface area (Å²) < 4.78 is 11.2. The van der Waals surface area contributed by atoms with Crippen LogP contribution in [0.15, 0.2) is 56.3 Å². The zero-order valence-electron chi connectivity index (χ0n) is 20.4. The summed E-state index contributed by atoms with van der Waals surface area (Å²) in [5.41, 5.74) is 8.91. The van der Waals surface area contributed by atoms with Gasteiger partial charge in [-0.05, 0) is 43.9 Å². The van der Waals surface area contributed by atoms with Crippen molar-refractivity contribution in [3.8, 4) is 11.1 Å². The predicted octanol–water partition coefficient (Wildman–Crippen LogP) is 3.38. The van der Waals surface area contributed by atoms with Gasteiger partial charge in [0.15, 0.2) is 0 Å². The molecule has 0 saturated carbocycles. The second kappa shape index (κ2) is 10.6. The molecule has 0 aliphatic heterocycles. The minimum absolute atomic E-state index is 0.0763. The van der Waals surface area contributed by atoms with Crippen LogP contribution < -0.4 is 22.0 Å². The van der Waals surface area contributed by atoms with Crippen LogP contribution in [-0.2, 0) is 16.0 Å². The van der Waals surface area contributed by atoms with Crippen LogP contribution in [0.5, 0.6) is 0 Å². The third-order valence-electron chi connectivity index (χ3n) is 6.28. The van der Waals surface area contributed by atoms with E-state index >= 15 is 0 Å². The van der Waals surface area contributed by atoms with Crippen LogP contribution in [-0.4, -0.2) is 35.6 Å². The molecule has 0 fully saturated rings. The molecule has 4 aromatic rings. The zero-order valence-corrected chi connectivity index (χ0v) is 20.4. The molecule has 10 heteroatoms. The van der Waals surface area contributed by atoms with Gasteiger partial charge in [0.25, 0.3) is 0 Å². The first-order valence-corrected chi connectivity index (χ1v) is 11.7. The molecule has 0 radical (unpaired) electrons. The summed E-state index contributed by atoms with van der Waals surface area (Å²) in [7, 11) is 0. The normalized spacial score (nSPS) is 11.9. The van der Waals surface area contributed by atoms with Gasteiger partial charge in [0.1, 0.15) is 17.2 Å². The molecule has 0 spiro atoms. The second-order valence-corrected chi connectivity index (χ2v) is 8.92. The van der Waals surface area contributed by atoms with Crippen LogP contribution in [0.4, 0.5) is 4.79 Å². The number of nitrogens with one attached hydrogen (secondary N) is 2. The van der Waals surface area contributed by atoms with Gasteiger partial charge in [0.2, 0.25) is 5.91 Å². The Balaban J connectivity index is 1.60. The fourth-order valence-corrected chi connectivity index (χ4v) is 4.25. The molecule has 10 nitrogen and oxygen atoms in total. The van der Waals surface area contributed by atoms with E-state index < -0.39 is 29.6 Å². The fourth-order valence-electron chi connectivity index (χ4n) is 4.25. The van der Waals surface area contributed by atoms with E-state index in [9.17, 15) is 24.3 Å². The Bertz CT molecular complexity index is 1550. The lowest BCUT2D eigenvalue weighted by Gasteiger charge is -2.15. The predicted molar refractivity (Wildman–Crippen MR) is 137 cm³/mol. The number of fused-ring (bicyclic) bond motifs is 2. The first-order chi connectivity index (χ1) is 17.6. The maximum atomic E-state index is 12.7. The van der Waals surface area contributed by atoms with Gasteiger partial charge in [-0.15, -0.1) is 0 Å². The number of hydrogen-bond acceptors (Lipinski definition) is 6. The number of hydrogen-bond donors (Lipinski definition) is 4. The first kappa shape index (κ1) is 25.5. The van der Waals surface area contributed by atoms with Crippen LogP contribution in [0.25, 0.3) is 33.1 Å². The van der Waals surface area contributed by atoms with Crippen molar-refractivity contribution in [1.82, 2.24) is 10.6 Å². The van der Waals surface area contributed by atoms with Crippen LogP contribution >= 0.6 is 0 Å². The number of carbonyl (C=O) groups is 3. The van der Waals surface area contributed by atoms with Crippen LogP contribution in [0.2, 0.25) is 0 Å². The molecule has 192 valence electrons. The number of primary amides is 1. The van der Waals surface area contributed by atoms with Crippen molar-refractivity contribution < 1.29 is 28.3 Å². The molecule has 5 N–H and O–H groups in total. The van der Waals surface area contributed by atoms with E-state index in [1.165, 1.54) is 0 Å². The van der Waals surface area contributed by atoms with Crippen molar-refractivity contribution in [3.05, 3.63) is 69.8 Å². The van der Waals surface area contributed by atoms with E-state index in [1.807, 2.05) is 37.3 Å². The lowest BCUT2D eigenvalue weighted by Crippen LogP contribution is -2.42. The number of benzene rings is 2. The number of furan rings is 1. The van der Waals surface area contributed by atoms with Gasteiger partial charge < -0.3 is 30.3 Å². The smallest absolute Gasteiger partial charge is 0.340 e. The largest absolute Gasteiger partial charge is 0.480 e. The van der Waals surface area contributed by atoms with Gasteiger partial charge in [0.05, 0.1) is 18.2 Å². The summed E-state index contributed by atoms with van der Waals surface area (Å²) in [5, 5.41) is 15.7. The van der Waals surface area contributed by atoms with Gasteiger partial charge in [0, 0.05) is 28.9 Å². The molecule has 0 aliphatic rings. The van der Waals surface area contributed by atoms with Crippen LogP contribution in [0, 0.1) is 13.8 Å². The highest BCUT2D eigenvalue weighted by Gasteiger charge is 2.22. The molecular formula is C27H27N3O7. The van der Waals surface area contributed by atoms with Gasteiger partial charge >= 0.3 is 17.6 Å². The van der Waals surface area contributed by atoms with Crippen molar-refractivity contribution in [2.75, 3.05) is 6.54 Å². The number of urea groups is 1. The number of nitrogens with two attached hydrogens (primary N) is 1. The molecule has 37 heavy (non-hydrogen) atoms. The van der Waals surface area contributed by atoms with Gasteiger partial charge in [-0.25, -0.2) is 14.4 Å². The van der Waals surface area contributed by atoms with E-state index in [0.717, 1.165) is 22.1 Å². The van der Waals surface area contributed by atoms with Gasteiger partial charge in [-0.2, -0.15) is 0 Å². The Labute approximate surface area is 211 Å². The van der Waals surface area contributed by atoms with E-state index in [-0.39, 0.29) is 24.9 Å². The van der Waals surface area contributed by atoms with Crippen LogP contribution in [0.3, 0.4) is 0 Å². The van der Waals surface area contributed by atoms with Crippen molar-refractivity contribution in [2.24, 2.45) is 5.73 Å². The highest BCUT2D eigenvalue weighted by Crippen LogP contribution is 2.34. The highest BCUT2D eigenvalue weighted by molar-refractivity contribution is 6.02. The average Bonchev–Trinajstić information content (AvgIpc) is 3.25. The number of carboxylic acids is 1. The summed E-state index contributed by atoms with van der Waals surface area (Å²) in [6, 6.07) is 9.64. The van der Waals surface area contributed by atoms with Crippen molar-refractivity contribution in [3.63, 3.8) is 0 Å². The molecule has 3 amide bonds. The Morgan fingerprint density at radius 3 is 2.46 bits per heavy atom. The summed E-state index contributed by atoms with van der Waals surface area (Å²) in [6.07, 6.45) is 1.68. The zero-order chi connectivity index (χ0) is 26.7. The van der Waals surface area contributed by atoms with E-state index in [1.54, 1.807) is 19.3 Å². The quantitative estimate of drug-likeness (QED) is 0.200. The minimum Gasteiger partial charge on any atom is -0.480 e. The highest BCUT2D eigenvalue weighted by atomic mass is 16.4. The number of amides is 3. The topological polar surface area (TPSA) is 165 Å². The molecule has 2 aromatic carbocycles. The molecule has 0 bridgehead atoms. The van der Waals surface area contributed by atoms with Crippen molar-refractivity contribution >= 4 is 39.8 Å². The van der Waals surface area contributed by atoms with E-state index in [0.29, 0.717) is 28.5 Å². The first-order valence-electron chi connectivity index (χ1n) is 11.7. The number of carbonyl (C=O) groups excluding carboxylic acids is 2. The standard InChI is InChI=1S/C27H27N3O7/c1-14-5-7-16(8-6-14)20-13-36-22-12-23-17(10-19(20)22)15(2)18(26(34)37-23)11-24(31)30-21(25(32)33)4-3-9-29-27(28)35/h5-8,10,12-13,21H,3-4,9,11H2,1-2H3,(H,30,31)(H,32,33)(H3,28,29,35). The van der Waals surface area contributed by atoms with E-state index in [2.05, 4.69) is 10.6 Å². The summed E-state index contributed by atoms with van der Waals surface area (Å²) in [4.78, 5) is 47.8. The lowest BCUT2D eigenvalue weighted by molar-refractivity contribution is -0.141. The van der Waals surface area contributed by atoms with Crippen molar-refractivity contribution in [1.29, 1.82) is 0 Å². The monoisotopic (exact) mass is 505 g/mol. The van der Waals surface area contributed by atoms with Crippen LogP contribution in [0.1, 0.15) is 29.5 Å². The molecular weight excluding hydrogens is 478 g/mol. The molecule has 1 unspecified atom stereocenters. The Morgan fingerprint density at radius 1 is 1.05 bits per heavy atom. The second-order valence-electron chi connectivity index (χ2n) is 8.92. The Morgan fingerprint density at radius 2 is 1.78 bits per heavy atom. The third-order valence-corrected chi connectivity index (χ3v) is 6.28. The average molecular weight is 506 g/mol. The summed E-state index contributed by atoms with van der Waals surface area (Å²) in [5.74, 6) is -1.85. The third kappa shape index (κ3) is 5.64. The molecule has 0 saturated heterocycles. The van der Waals surface area contributed by atoms with Crippen molar-refractivity contribution in [2.45, 2.75) is 39.2 Å². The SMILES string of the molecule is Cc1ccc(-c2coc3cc4oc(=O)c(CC(=O)NC(CCCNC(N)=O)C(=O)O)c(C)c4cc23)cc1. The summed E-state index contributed by atoms with van der Waals surface area (Å²) in [6.45, 7) is 3.91. The number of aryl methyl sites for hydroxylation is 2. The molecule has 4 rings (SSSR count). The summed E-state index contributed by atoms with van der Waals surface area (Å²) >= 11 is 0. The lowest BCUT2D eigenvalue weighted by atomic mass is 9.99. The number of aliphatic carboxylic acids is 1. The maximum absolute atomic E-state index is 12.7. The van der Waals surface area contributed by atoms with E-state index in [4.69, 9.17) is 14.6 Å². The molecule has 1 atom stereocenters. The fraction of sp³-hybridized carbons (Fsp3) is 0.259. The van der Waals surface area contributed by atoms with Gasteiger partial charge in [-0.3, -0.25) is 4.79 Å². The molecule has 0 aliphatic carbocycles. The maximum Gasteiger partial charge on any atom is 0.340 e. The Hall–Kier alpha value is -4.60. The number of carboxylic acid groups (broad SMARTS) is 1. The molecule has 2 heterocycles. The van der Waals surface area contributed by atoms with Gasteiger partial charge in [-0.1, -0.05) is 29.8 Å².